The molecule has 14 heteroatoms. The lowest BCUT2D eigenvalue weighted by Crippen LogP contribution is -2.52. The second kappa shape index (κ2) is 20.1. The first-order chi connectivity index (χ1) is 30.3. The van der Waals surface area contributed by atoms with Crippen LogP contribution in [0.1, 0.15) is 116 Å². The van der Waals surface area contributed by atoms with Crippen LogP contribution in [-0.2, 0) is 40.1 Å². The Morgan fingerprint density at radius 2 is 1.62 bits per heavy atom. The number of carbonyl (C=O) groups is 4. The molecule has 3 heterocycles. The Labute approximate surface area is 379 Å². The van der Waals surface area contributed by atoms with Gasteiger partial charge < -0.3 is 29.7 Å². The predicted octanol–water partition coefficient (Wildman–Crippen LogP) is 6.75. The largest absolute Gasteiger partial charge is 0.748 e. The number of amides is 1. The summed E-state index contributed by atoms with van der Waals surface area (Å²) in [6, 6.07) is 14.2. The van der Waals surface area contributed by atoms with Gasteiger partial charge >= 0.3 is 5.97 Å². The first-order valence-corrected chi connectivity index (χ1v) is 24.6. The van der Waals surface area contributed by atoms with Crippen LogP contribution in [0.25, 0.3) is 0 Å². The molecule has 6 rings (SSSR count). The molecule has 64 heavy (non-hydrogen) atoms. The molecule has 1 amide bonds. The van der Waals surface area contributed by atoms with E-state index < -0.39 is 56.4 Å². The molecule has 3 aliphatic heterocycles. The van der Waals surface area contributed by atoms with Gasteiger partial charge in [0.05, 0.1) is 32.6 Å². The number of fused-ring (bicyclic) bond motifs is 2. The standard InChI is InChI=1S/C50H67N5O8S/c1-8-9-16-29-54-40-23-15-13-21-37(40)50(4,5)44(54)32-35-46(34(47(35)59)31-43-49(2,3)36-20-12-14-22-39(36)53(43)7)55-30-18-24-41(55)48(60)51-38(33-64(61,62)63)42(56)25-19-28-52(6)27-17-10-11-26-45(57)58/h12-15,20-23,31-32,38,41H,8-11,16-19,24-30,33H2,1-7H3,(H2-,51,57,58,60,61,62,63)/t38?,41-/m0/s1. The van der Waals surface area contributed by atoms with Gasteiger partial charge in [-0.1, -0.05) is 76.4 Å². The third-order valence-corrected chi connectivity index (χ3v) is 14.3. The zero-order chi connectivity index (χ0) is 46.6. The van der Waals surface area contributed by atoms with Gasteiger partial charge in [0.15, 0.2) is 17.3 Å². The van der Waals surface area contributed by atoms with Gasteiger partial charge in [-0.3, -0.25) is 19.2 Å². The molecular formula is C50H67N5O8S. The Morgan fingerprint density at radius 3 is 2.31 bits per heavy atom. The number of hydrogen-bond acceptors (Lipinski definition) is 10. The molecule has 1 aliphatic carbocycles. The van der Waals surface area contributed by atoms with Crippen LogP contribution in [0.4, 0.5) is 11.4 Å². The first-order valence-electron chi connectivity index (χ1n) is 23.0. The van der Waals surface area contributed by atoms with Crippen molar-refractivity contribution in [2.45, 2.75) is 128 Å². The zero-order valence-corrected chi connectivity index (χ0v) is 39.6. The second-order valence-corrected chi connectivity index (χ2v) is 20.4. The van der Waals surface area contributed by atoms with Crippen LogP contribution in [-0.4, -0.2) is 120 Å². The summed E-state index contributed by atoms with van der Waals surface area (Å²) < 4.78 is 38.6. The van der Waals surface area contributed by atoms with Gasteiger partial charge in [0, 0.05) is 66.0 Å². The van der Waals surface area contributed by atoms with Crippen molar-refractivity contribution in [1.29, 1.82) is 0 Å². The summed E-state index contributed by atoms with van der Waals surface area (Å²) in [5, 5.41) is 11.6. The topological polar surface area (TPSA) is 170 Å². The molecule has 13 nitrogen and oxygen atoms in total. The third-order valence-electron chi connectivity index (χ3n) is 13.6. The molecule has 0 aromatic heterocycles. The number of carboxylic acid groups (broad SMARTS) is 1. The molecule has 2 aromatic rings. The fraction of sp³-hybridized carbons (Fsp3) is 0.540. The number of unbranched alkanes of at least 4 members (excludes halogenated alkanes) is 4. The molecule has 1 unspecified atom stereocenters. The van der Waals surface area contributed by atoms with E-state index in [1.54, 1.807) is 0 Å². The van der Waals surface area contributed by atoms with Crippen molar-refractivity contribution in [3.8, 4) is 0 Å². The monoisotopic (exact) mass is 897 g/mol. The van der Waals surface area contributed by atoms with E-state index in [9.17, 15) is 32.1 Å². The molecule has 2 atom stereocenters. The van der Waals surface area contributed by atoms with Crippen molar-refractivity contribution >= 4 is 50.6 Å². The number of likely N-dealkylation sites (tertiary alicyclic amines) is 1. The smallest absolute Gasteiger partial charge is 0.303 e. The van der Waals surface area contributed by atoms with Crippen LogP contribution in [0.5, 0.6) is 0 Å². The van der Waals surface area contributed by atoms with E-state index in [1.165, 1.54) is 5.56 Å². The Morgan fingerprint density at radius 1 is 0.938 bits per heavy atom. The van der Waals surface area contributed by atoms with E-state index >= 15 is 0 Å². The van der Waals surface area contributed by atoms with Crippen molar-refractivity contribution < 1.29 is 41.8 Å². The Kier molecular flexibility index (Phi) is 15.2. The number of carbonyl (C=O) groups excluding carboxylic acids is 3. The second-order valence-electron chi connectivity index (χ2n) is 19.0. The highest BCUT2D eigenvalue weighted by Gasteiger charge is 2.49. The number of allylic oxidation sites excluding steroid dienone is 5. The van der Waals surface area contributed by atoms with Crippen LogP contribution in [0.3, 0.4) is 0 Å². The predicted molar refractivity (Wildman–Crippen MR) is 249 cm³/mol. The summed E-state index contributed by atoms with van der Waals surface area (Å²) in [5.74, 6) is -3.11. The van der Waals surface area contributed by atoms with E-state index in [-0.39, 0.29) is 18.6 Å². The van der Waals surface area contributed by atoms with E-state index in [1.807, 2.05) is 60.3 Å². The number of nitrogens with zero attached hydrogens (tertiary/aromatic N) is 4. The summed E-state index contributed by atoms with van der Waals surface area (Å²) >= 11 is 0. The number of para-hydroxylation sites is 2. The lowest BCUT2D eigenvalue weighted by atomic mass is 9.76. The minimum Gasteiger partial charge on any atom is -0.748 e. The van der Waals surface area contributed by atoms with Crippen molar-refractivity contribution in [3.63, 3.8) is 0 Å². The average Bonchev–Trinajstić information content (AvgIpc) is 3.85. The zero-order valence-electron chi connectivity index (χ0n) is 38.7. The number of anilines is 1. The number of Topliss-reactive ketones (excluding diaryl/α,β-unsaturated/α-hetero) is 2. The minimum atomic E-state index is -4.90. The minimum absolute atomic E-state index is 0.0420. The number of nitrogens with one attached hydrogen (secondary N) is 1. The van der Waals surface area contributed by atoms with Crippen LogP contribution in [0, 0.1) is 0 Å². The first kappa shape index (κ1) is 48.5. The van der Waals surface area contributed by atoms with Crippen LogP contribution >= 0.6 is 0 Å². The summed E-state index contributed by atoms with van der Waals surface area (Å²) in [6.45, 7) is 13.3. The molecule has 1 saturated heterocycles. The molecule has 4 aliphatic rings. The van der Waals surface area contributed by atoms with Crippen LogP contribution in [0.2, 0.25) is 0 Å². The van der Waals surface area contributed by atoms with Crippen molar-refractivity contribution in [3.05, 3.63) is 94.4 Å². The van der Waals surface area contributed by atoms with Crippen molar-refractivity contribution in [1.82, 2.24) is 15.1 Å². The number of aliphatic carboxylic acids is 1. The highest BCUT2D eigenvalue weighted by atomic mass is 32.2. The van der Waals surface area contributed by atoms with Gasteiger partial charge in [-0.25, -0.2) is 8.42 Å². The number of hydrogen-bond donors (Lipinski definition) is 2. The lowest BCUT2D eigenvalue weighted by molar-refractivity contribution is -0.401. The van der Waals surface area contributed by atoms with Crippen LogP contribution in [0.15, 0.2) is 83.2 Å². The summed E-state index contributed by atoms with van der Waals surface area (Å²) in [6.07, 6.45) is 10.7. The van der Waals surface area contributed by atoms with Crippen molar-refractivity contribution in [2.24, 2.45) is 0 Å². The third kappa shape index (κ3) is 10.4. The molecule has 0 radical (unpaired) electrons. The maximum atomic E-state index is 14.8. The molecule has 0 saturated carbocycles. The number of carboxylic acids is 1. The van der Waals surface area contributed by atoms with E-state index in [2.05, 4.69) is 73.7 Å². The molecular weight excluding hydrogens is 831 g/mol. The number of rotatable bonds is 22. The van der Waals surface area contributed by atoms with Crippen molar-refractivity contribution in [2.75, 3.05) is 50.9 Å². The summed E-state index contributed by atoms with van der Waals surface area (Å²) in [5.41, 5.74) is 7.18. The number of ketones is 2. The Bertz CT molecular complexity index is 2380. The van der Waals surface area contributed by atoms with Gasteiger partial charge in [-0.2, -0.15) is 4.58 Å². The molecule has 0 bridgehead atoms. The maximum absolute atomic E-state index is 14.8. The van der Waals surface area contributed by atoms with E-state index in [4.69, 9.17) is 5.11 Å². The highest BCUT2D eigenvalue weighted by molar-refractivity contribution is 7.85. The lowest BCUT2D eigenvalue weighted by Gasteiger charge is -2.37. The number of benzene rings is 2. The average molecular weight is 898 g/mol. The normalized spacial score (nSPS) is 20.6. The quantitative estimate of drug-likeness (QED) is 0.0555. The Hall–Kier alpha value is -4.92. The Balaban J connectivity index is 1.32. The van der Waals surface area contributed by atoms with Gasteiger partial charge in [0.1, 0.15) is 19.1 Å². The SMILES string of the molecule is CCCCCN1/C(=C/C2=C(N3CCC[C@H]3C(=O)NC(CS(=O)(=O)[O-])C(=O)CCCN(C)CCCCCC(=O)O)C(=C/C3=[N+](C)c4ccccc4C3(C)C)/C2=O)C(C)(C)c2ccccc21. The molecule has 2 aromatic carbocycles. The highest BCUT2D eigenvalue weighted by Crippen LogP contribution is 2.50. The van der Waals surface area contributed by atoms with Gasteiger partial charge in [-0.05, 0) is 90.2 Å². The fourth-order valence-electron chi connectivity index (χ4n) is 10.1. The van der Waals surface area contributed by atoms with Crippen LogP contribution < -0.4 is 10.2 Å². The molecule has 346 valence electrons. The molecule has 1 fully saturated rings. The molecule has 2 N–H and O–H groups in total. The van der Waals surface area contributed by atoms with Gasteiger partial charge in [-0.15, -0.1) is 0 Å². The van der Waals surface area contributed by atoms with Gasteiger partial charge in [0.2, 0.25) is 11.6 Å². The van der Waals surface area contributed by atoms with Gasteiger partial charge in [0.25, 0.3) is 0 Å². The molecule has 0 spiro atoms. The van der Waals surface area contributed by atoms with E-state index in [0.717, 1.165) is 67.0 Å². The maximum Gasteiger partial charge on any atom is 0.303 e. The fourth-order valence-corrected chi connectivity index (χ4v) is 10.7. The van der Waals surface area contributed by atoms with E-state index in [0.29, 0.717) is 62.2 Å². The summed E-state index contributed by atoms with van der Waals surface area (Å²) in [4.78, 5) is 59.9. The summed E-state index contributed by atoms with van der Waals surface area (Å²) in [7, 11) is -1.01.